The first-order chi connectivity index (χ1) is 14.9. The van der Waals surface area contributed by atoms with E-state index in [1.807, 2.05) is 30.3 Å². The lowest BCUT2D eigenvalue weighted by Crippen LogP contribution is -2.54. The summed E-state index contributed by atoms with van der Waals surface area (Å²) in [4.78, 5) is 38.4. The molecule has 2 amide bonds. The van der Waals surface area contributed by atoms with Crippen LogP contribution in [0.2, 0.25) is 0 Å². The van der Waals surface area contributed by atoms with Crippen molar-refractivity contribution in [2.24, 2.45) is 0 Å². The molecule has 7 nitrogen and oxygen atoms in total. The fourth-order valence-corrected chi connectivity index (χ4v) is 3.70. The van der Waals surface area contributed by atoms with E-state index in [-0.39, 0.29) is 21.9 Å². The molecule has 8 heteroatoms. The van der Waals surface area contributed by atoms with Crippen LogP contribution in [0.5, 0.6) is 5.75 Å². The average Bonchev–Trinajstić information content (AvgIpc) is 2.76. The molecule has 1 heterocycles. The van der Waals surface area contributed by atoms with Crippen molar-refractivity contribution in [1.29, 1.82) is 0 Å². The fraction of sp³-hybridized carbons (Fsp3) is 0.0435. The number of carboxylic acid groups (broad SMARTS) is 1. The first-order valence-electron chi connectivity index (χ1n) is 9.21. The zero-order valence-corrected chi connectivity index (χ0v) is 17.1. The number of hydrogen-bond donors (Lipinski definition) is 2. The van der Waals surface area contributed by atoms with Crippen LogP contribution in [0.4, 0.5) is 5.69 Å². The van der Waals surface area contributed by atoms with Gasteiger partial charge in [0.25, 0.3) is 11.8 Å². The number of thiocarbonyl (C=S) groups is 1. The Labute approximate surface area is 182 Å². The molecule has 4 rings (SSSR count). The van der Waals surface area contributed by atoms with Gasteiger partial charge in [-0.2, -0.15) is 0 Å². The molecule has 0 unspecified atom stereocenters. The summed E-state index contributed by atoms with van der Waals surface area (Å²) in [6, 6.07) is 16.9. The Bertz CT molecular complexity index is 1300. The Morgan fingerprint density at radius 3 is 2.61 bits per heavy atom. The van der Waals surface area contributed by atoms with Crippen molar-refractivity contribution in [3.8, 4) is 5.75 Å². The number of nitrogens with one attached hydrogen (secondary N) is 1. The minimum Gasteiger partial charge on any atom is -0.496 e. The summed E-state index contributed by atoms with van der Waals surface area (Å²) in [7, 11) is 1.51. The lowest BCUT2D eigenvalue weighted by molar-refractivity contribution is -0.122. The standard InChI is InChI=1S/C23H16N2O5S/c1-30-19-10-9-13-5-2-3-8-16(13)17(19)12-18-20(26)24-23(31)25(21(18)27)15-7-4-6-14(11-15)22(28)29/h2-12H,1H3,(H,28,29)(H,24,26,31). The maximum atomic E-state index is 13.3. The van der Waals surface area contributed by atoms with Gasteiger partial charge in [-0.25, -0.2) is 4.79 Å². The summed E-state index contributed by atoms with van der Waals surface area (Å²) < 4.78 is 5.45. The third kappa shape index (κ3) is 3.64. The quantitative estimate of drug-likeness (QED) is 0.373. The molecule has 1 aliphatic rings. The van der Waals surface area contributed by atoms with E-state index in [0.29, 0.717) is 11.3 Å². The molecule has 1 fully saturated rings. The van der Waals surface area contributed by atoms with Crippen LogP contribution in [0.1, 0.15) is 15.9 Å². The number of fused-ring (bicyclic) bond motifs is 1. The van der Waals surface area contributed by atoms with Crippen LogP contribution in [-0.2, 0) is 9.59 Å². The van der Waals surface area contributed by atoms with Crippen molar-refractivity contribution < 1.29 is 24.2 Å². The Kier molecular flexibility index (Phi) is 5.22. The molecule has 31 heavy (non-hydrogen) atoms. The van der Waals surface area contributed by atoms with Crippen molar-refractivity contribution in [2.75, 3.05) is 12.0 Å². The number of carbonyl (C=O) groups excluding carboxylic acids is 2. The van der Waals surface area contributed by atoms with Gasteiger partial charge in [-0.1, -0.05) is 36.4 Å². The van der Waals surface area contributed by atoms with Crippen molar-refractivity contribution in [2.45, 2.75) is 0 Å². The second-order valence-corrected chi connectivity index (χ2v) is 7.10. The van der Waals surface area contributed by atoms with Gasteiger partial charge in [-0.15, -0.1) is 0 Å². The van der Waals surface area contributed by atoms with Crippen LogP contribution in [0.25, 0.3) is 16.8 Å². The molecule has 2 N–H and O–H groups in total. The van der Waals surface area contributed by atoms with Gasteiger partial charge in [0.15, 0.2) is 5.11 Å². The summed E-state index contributed by atoms with van der Waals surface area (Å²) in [5, 5.41) is 13.4. The van der Waals surface area contributed by atoms with Crippen LogP contribution >= 0.6 is 12.2 Å². The Hall–Kier alpha value is -4.04. The normalized spacial score (nSPS) is 15.3. The van der Waals surface area contributed by atoms with Crippen molar-refractivity contribution in [1.82, 2.24) is 5.32 Å². The van der Waals surface area contributed by atoms with Crippen LogP contribution in [-0.4, -0.2) is 35.1 Å². The molecule has 0 saturated carbocycles. The van der Waals surface area contributed by atoms with E-state index in [1.165, 1.54) is 31.4 Å². The number of ether oxygens (including phenoxy) is 1. The molecule has 0 atom stereocenters. The number of hydrogen-bond acceptors (Lipinski definition) is 5. The third-order valence-electron chi connectivity index (χ3n) is 4.89. The number of anilines is 1. The van der Waals surface area contributed by atoms with E-state index >= 15 is 0 Å². The predicted octanol–water partition coefficient (Wildman–Crippen LogP) is 3.38. The summed E-state index contributed by atoms with van der Waals surface area (Å²) in [6.45, 7) is 0. The molecule has 1 saturated heterocycles. The van der Waals surface area contributed by atoms with Gasteiger partial charge in [-0.05, 0) is 53.3 Å². The number of carboxylic acids is 1. The Morgan fingerprint density at radius 1 is 1.10 bits per heavy atom. The van der Waals surface area contributed by atoms with E-state index in [2.05, 4.69) is 5.32 Å². The van der Waals surface area contributed by atoms with E-state index in [4.69, 9.17) is 17.0 Å². The van der Waals surface area contributed by atoms with Crippen LogP contribution < -0.4 is 15.0 Å². The van der Waals surface area contributed by atoms with E-state index in [9.17, 15) is 19.5 Å². The number of amides is 2. The summed E-state index contributed by atoms with van der Waals surface area (Å²) >= 11 is 5.19. The zero-order chi connectivity index (χ0) is 22.1. The van der Waals surface area contributed by atoms with Crippen LogP contribution in [0.3, 0.4) is 0 Å². The highest BCUT2D eigenvalue weighted by Crippen LogP contribution is 2.31. The van der Waals surface area contributed by atoms with Gasteiger partial charge in [-0.3, -0.25) is 19.8 Å². The topological polar surface area (TPSA) is 95.9 Å². The molecule has 3 aromatic carbocycles. The molecule has 0 aliphatic carbocycles. The molecule has 3 aromatic rings. The number of aromatic carboxylic acids is 1. The second-order valence-electron chi connectivity index (χ2n) is 6.72. The second kappa shape index (κ2) is 8.00. The van der Waals surface area contributed by atoms with Gasteiger partial charge in [0, 0.05) is 5.56 Å². The van der Waals surface area contributed by atoms with Gasteiger partial charge in [0.2, 0.25) is 0 Å². The van der Waals surface area contributed by atoms with Gasteiger partial charge >= 0.3 is 5.97 Å². The third-order valence-corrected chi connectivity index (χ3v) is 5.18. The lowest BCUT2D eigenvalue weighted by Gasteiger charge is -2.29. The van der Waals surface area contributed by atoms with Gasteiger partial charge in [0.05, 0.1) is 18.4 Å². The van der Waals surface area contributed by atoms with Gasteiger partial charge < -0.3 is 9.84 Å². The van der Waals surface area contributed by atoms with Gasteiger partial charge in [0.1, 0.15) is 11.3 Å². The number of rotatable bonds is 4. The number of carbonyl (C=O) groups is 3. The molecular weight excluding hydrogens is 416 g/mol. The summed E-state index contributed by atoms with van der Waals surface area (Å²) in [6.07, 6.45) is 1.47. The highest BCUT2D eigenvalue weighted by atomic mass is 32.1. The largest absolute Gasteiger partial charge is 0.496 e. The molecule has 1 aliphatic heterocycles. The van der Waals surface area contributed by atoms with Crippen molar-refractivity contribution in [3.63, 3.8) is 0 Å². The number of nitrogens with zero attached hydrogens (tertiary/aromatic N) is 1. The van der Waals surface area contributed by atoms with Crippen LogP contribution in [0.15, 0.2) is 66.2 Å². The van der Waals surface area contributed by atoms with E-state index in [0.717, 1.165) is 15.7 Å². The minimum atomic E-state index is -1.14. The lowest BCUT2D eigenvalue weighted by atomic mass is 9.99. The molecule has 154 valence electrons. The maximum absolute atomic E-state index is 13.3. The Balaban J connectivity index is 1.85. The minimum absolute atomic E-state index is 0.00810. The number of methoxy groups -OCH3 is 1. The maximum Gasteiger partial charge on any atom is 0.335 e. The average molecular weight is 432 g/mol. The SMILES string of the molecule is COc1ccc2ccccc2c1C=C1C(=O)NC(=S)N(c2cccc(C(=O)O)c2)C1=O. The monoisotopic (exact) mass is 432 g/mol. The zero-order valence-electron chi connectivity index (χ0n) is 16.3. The first-order valence-corrected chi connectivity index (χ1v) is 9.62. The van der Waals surface area contributed by atoms with Crippen molar-refractivity contribution in [3.05, 3.63) is 77.4 Å². The van der Waals surface area contributed by atoms with Crippen molar-refractivity contribution >= 4 is 57.6 Å². The molecular formula is C23H16N2O5S. The summed E-state index contributed by atoms with van der Waals surface area (Å²) in [5.41, 5.74) is 0.659. The summed E-state index contributed by atoms with van der Waals surface area (Å²) in [5.74, 6) is -1.95. The number of benzene rings is 3. The Morgan fingerprint density at radius 2 is 1.87 bits per heavy atom. The predicted molar refractivity (Wildman–Crippen MR) is 120 cm³/mol. The smallest absolute Gasteiger partial charge is 0.335 e. The molecule has 0 bridgehead atoms. The molecule has 0 radical (unpaired) electrons. The fourth-order valence-electron chi connectivity index (χ4n) is 3.42. The van der Waals surface area contributed by atoms with E-state index < -0.39 is 17.8 Å². The van der Waals surface area contributed by atoms with Crippen LogP contribution in [0, 0.1) is 0 Å². The highest BCUT2D eigenvalue weighted by Gasteiger charge is 2.35. The first kappa shape index (κ1) is 20.2. The molecule has 0 aromatic heterocycles. The molecule has 0 spiro atoms. The van der Waals surface area contributed by atoms with E-state index in [1.54, 1.807) is 12.1 Å². The highest BCUT2D eigenvalue weighted by molar-refractivity contribution is 7.80.